The molecule has 0 radical (unpaired) electrons. The third-order valence-electron chi connectivity index (χ3n) is 4.00. The Morgan fingerprint density at radius 1 is 0.923 bits per heavy atom. The number of likely N-dealkylation sites (N-methyl/N-ethyl adjacent to an activating group) is 1. The summed E-state index contributed by atoms with van der Waals surface area (Å²) in [5.41, 5.74) is 1.86. The van der Waals surface area contributed by atoms with Crippen molar-refractivity contribution in [3.63, 3.8) is 0 Å². The monoisotopic (exact) mass is 481 g/mol. The van der Waals surface area contributed by atoms with Crippen LogP contribution in [0.1, 0.15) is 31.9 Å². The van der Waals surface area contributed by atoms with Crippen LogP contribution < -0.4 is 0 Å². The van der Waals surface area contributed by atoms with Gasteiger partial charge >= 0.3 is 6.09 Å². The van der Waals surface area contributed by atoms with E-state index in [0.717, 1.165) is 21.8 Å². The van der Waals surface area contributed by atoms with E-state index < -0.39 is 5.60 Å². The van der Waals surface area contributed by atoms with Crippen molar-refractivity contribution < 1.29 is 9.53 Å². The van der Waals surface area contributed by atoms with Crippen LogP contribution in [-0.2, 0) is 17.6 Å². The molecule has 3 nitrogen and oxygen atoms in total. The van der Waals surface area contributed by atoms with Gasteiger partial charge in [-0.1, -0.05) is 56.1 Å². The number of carbonyl (C=O) groups excluding carboxylic acids is 1. The first-order valence-electron chi connectivity index (χ1n) is 8.59. The second kappa shape index (κ2) is 9.05. The molecule has 26 heavy (non-hydrogen) atoms. The normalized spacial score (nSPS) is 11.5. The van der Waals surface area contributed by atoms with Crippen molar-refractivity contribution in [1.82, 2.24) is 4.90 Å². The van der Waals surface area contributed by atoms with Gasteiger partial charge in [-0.15, -0.1) is 0 Å². The molecule has 2 rings (SSSR count). The molecule has 0 atom stereocenters. The smallest absolute Gasteiger partial charge is 0.410 e. The third kappa shape index (κ3) is 6.76. The molecule has 0 fully saturated rings. The summed E-state index contributed by atoms with van der Waals surface area (Å²) in [7, 11) is 1.82. The highest BCUT2D eigenvalue weighted by Crippen LogP contribution is 2.20. The summed E-state index contributed by atoms with van der Waals surface area (Å²) in [6.07, 6.45) is 1.23. The first-order chi connectivity index (χ1) is 12.1. The summed E-state index contributed by atoms with van der Waals surface area (Å²) in [6.45, 7) is 5.66. The number of hydrogen-bond donors (Lipinski definition) is 0. The van der Waals surface area contributed by atoms with Gasteiger partial charge in [0.1, 0.15) is 5.60 Å². The van der Waals surface area contributed by atoms with Gasteiger partial charge in [-0.05, 0) is 69.0 Å². The zero-order valence-corrected chi connectivity index (χ0v) is 18.8. The predicted octanol–water partition coefficient (Wildman–Crippen LogP) is 6.23. The first-order valence-corrected chi connectivity index (χ1v) is 10.2. The highest BCUT2D eigenvalue weighted by atomic mass is 79.9. The van der Waals surface area contributed by atoms with E-state index >= 15 is 0 Å². The lowest BCUT2D eigenvalue weighted by Gasteiger charge is -2.31. The van der Waals surface area contributed by atoms with Gasteiger partial charge in [0.05, 0.1) is 0 Å². The molecule has 0 aliphatic carbocycles. The Balaban J connectivity index is 2.20. The van der Waals surface area contributed by atoms with Crippen molar-refractivity contribution in [2.45, 2.75) is 45.3 Å². The molecule has 0 unspecified atom stereocenters. The topological polar surface area (TPSA) is 29.5 Å². The maximum Gasteiger partial charge on any atom is 0.410 e. The van der Waals surface area contributed by atoms with Crippen LogP contribution in [0.3, 0.4) is 0 Å². The van der Waals surface area contributed by atoms with E-state index in [1.54, 1.807) is 4.90 Å². The van der Waals surface area contributed by atoms with Crippen LogP contribution in [0.5, 0.6) is 0 Å². The van der Waals surface area contributed by atoms with E-state index in [2.05, 4.69) is 56.1 Å². The third-order valence-corrected chi connectivity index (χ3v) is 5.06. The van der Waals surface area contributed by atoms with Crippen molar-refractivity contribution in [2.24, 2.45) is 0 Å². The standard InChI is InChI=1S/C21H25Br2NO2/c1-21(2,3)26-20(25)24(4)19(13-15-5-9-17(22)10-6-15)14-16-7-11-18(23)12-8-16/h5-12,19H,13-14H2,1-4H3. The highest BCUT2D eigenvalue weighted by Gasteiger charge is 2.25. The van der Waals surface area contributed by atoms with E-state index in [-0.39, 0.29) is 12.1 Å². The number of hydrogen-bond acceptors (Lipinski definition) is 2. The lowest BCUT2D eigenvalue weighted by Crippen LogP contribution is -2.43. The minimum atomic E-state index is -0.509. The molecule has 2 aromatic rings. The van der Waals surface area contributed by atoms with E-state index in [9.17, 15) is 4.79 Å². The van der Waals surface area contributed by atoms with Crippen LogP contribution in [0, 0.1) is 0 Å². The Kier molecular flexibility index (Phi) is 7.30. The van der Waals surface area contributed by atoms with E-state index in [1.165, 1.54) is 11.1 Å². The van der Waals surface area contributed by atoms with Crippen molar-refractivity contribution >= 4 is 38.0 Å². The molecule has 0 spiro atoms. The van der Waals surface area contributed by atoms with Gasteiger partial charge in [-0.2, -0.15) is 0 Å². The van der Waals surface area contributed by atoms with Gasteiger partial charge < -0.3 is 9.64 Å². The van der Waals surface area contributed by atoms with E-state index in [1.807, 2.05) is 52.1 Å². The van der Waals surface area contributed by atoms with Crippen molar-refractivity contribution in [2.75, 3.05) is 7.05 Å². The van der Waals surface area contributed by atoms with Gasteiger partial charge in [0.2, 0.25) is 0 Å². The molecule has 140 valence electrons. The molecule has 1 amide bonds. The number of ether oxygens (including phenoxy) is 1. The van der Waals surface area contributed by atoms with Gasteiger partial charge in [0, 0.05) is 22.0 Å². The van der Waals surface area contributed by atoms with Crippen molar-refractivity contribution in [1.29, 1.82) is 0 Å². The largest absolute Gasteiger partial charge is 0.444 e. The summed E-state index contributed by atoms with van der Waals surface area (Å²) in [4.78, 5) is 14.3. The number of nitrogens with zero attached hydrogens (tertiary/aromatic N) is 1. The van der Waals surface area contributed by atoms with Crippen LogP contribution in [0.25, 0.3) is 0 Å². The Bertz CT molecular complexity index is 674. The number of halogens is 2. The van der Waals surface area contributed by atoms with Gasteiger partial charge in [-0.3, -0.25) is 0 Å². The molecule has 0 aromatic heterocycles. The van der Waals surface area contributed by atoms with Crippen LogP contribution in [0.15, 0.2) is 57.5 Å². The summed E-state index contributed by atoms with van der Waals surface area (Å²) in [6, 6.07) is 16.5. The quantitative estimate of drug-likeness (QED) is 0.505. The summed E-state index contributed by atoms with van der Waals surface area (Å²) in [5.74, 6) is 0. The fourth-order valence-electron chi connectivity index (χ4n) is 2.61. The maximum absolute atomic E-state index is 12.6. The number of amides is 1. The van der Waals surface area contributed by atoms with Gasteiger partial charge in [-0.25, -0.2) is 4.79 Å². The van der Waals surface area contributed by atoms with Gasteiger partial charge in [0.15, 0.2) is 0 Å². The zero-order valence-electron chi connectivity index (χ0n) is 15.6. The molecular weight excluding hydrogens is 458 g/mol. The second-order valence-electron chi connectivity index (χ2n) is 7.41. The fourth-order valence-corrected chi connectivity index (χ4v) is 3.14. The Morgan fingerprint density at radius 2 is 1.31 bits per heavy atom. The van der Waals surface area contributed by atoms with Crippen LogP contribution in [0.4, 0.5) is 4.79 Å². The molecule has 0 aliphatic heterocycles. The van der Waals surface area contributed by atoms with Crippen LogP contribution >= 0.6 is 31.9 Å². The van der Waals surface area contributed by atoms with Crippen molar-refractivity contribution in [3.8, 4) is 0 Å². The Hall–Kier alpha value is -1.33. The van der Waals surface area contributed by atoms with E-state index in [0.29, 0.717) is 0 Å². The lowest BCUT2D eigenvalue weighted by atomic mass is 9.98. The molecular formula is C21H25Br2NO2. The Morgan fingerprint density at radius 3 is 1.65 bits per heavy atom. The van der Waals surface area contributed by atoms with Crippen LogP contribution in [0.2, 0.25) is 0 Å². The molecule has 0 N–H and O–H groups in total. The first kappa shape index (κ1) is 21.0. The number of carbonyl (C=O) groups is 1. The summed E-state index contributed by atoms with van der Waals surface area (Å²) in [5, 5.41) is 0. The Labute approximate surface area is 173 Å². The van der Waals surface area contributed by atoms with Gasteiger partial charge in [0.25, 0.3) is 0 Å². The highest BCUT2D eigenvalue weighted by molar-refractivity contribution is 9.10. The minimum Gasteiger partial charge on any atom is -0.444 e. The minimum absolute atomic E-state index is 0.00667. The summed E-state index contributed by atoms with van der Waals surface area (Å²) >= 11 is 6.94. The lowest BCUT2D eigenvalue weighted by molar-refractivity contribution is 0.0222. The SMILES string of the molecule is CN(C(=O)OC(C)(C)C)C(Cc1ccc(Br)cc1)Cc1ccc(Br)cc1. The van der Waals surface area contributed by atoms with E-state index in [4.69, 9.17) is 4.74 Å². The zero-order chi connectivity index (χ0) is 19.3. The molecule has 0 saturated carbocycles. The number of rotatable bonds is 5. The molecule has 0 heterocycles. The van der Waals surface area contributed by atoms with Crippen molar-refractivity contribution in [3.05, 3.63) is 68.6 Å². The average molecular weight is 483 g/mol. The second-order valence-corrected chi connectivity index (χ2v) is 9.24. The average Bonchev–Trinajstić information content (AvgIpc) is 2.56. The number of benzene rings is 2. The molecule has 5 heteroatoms. The molecule has 2 aromatic carbocycles. The summed E-state index contributed by atoms with van der Waals surface area (Å²) < 4.78 is 7.66. The predicted molar refractivity (Wildman–Crippen MR) is 113 cm³/mol. The molecule has 0 aliphatic rings. The molecule has 0 saturated heterocycles. The fraction of sp³-hybridized carbons (Fsp3) is 0.381. The van der Waals surface area contributed by atoms with Crippen LogP contribution in [-0.4, -0.2) is 29.7 Å². The maximum atomic E-state index is 12.6. The molecule has 0 bridgehead atoms.